The Morgan fingerprint density at radius 2 is 1.54 bits per heavy atom. The van der Waals surface area contributed by atoms with Crippen molar-refractivity contribution < 1.29 is 0 Å². The van der Waals surface area contributed by atoms with E-state index in [1.54, 1.807) is 6.08 Å². The summed E-state index contributed by atoms with van der Waals surface area (Å²) in [6.45, 7) is 6.04. The molecule has 48 heavy (non-hydrogen) atoms. The molecule has 0 spiro atoms. The van der Waals surface area contributed by atoms with Crippen molar-refractivity contribution in [1.29, 1.82) is 0 Å². The molecule has 2 nitrogen and oxygen atoms in total. The number of para-hydroxylation sites is 2. The Kier molecular flexibility index (Phi) is 7.84. The van der Waals surface area contributed by atoms with Gasteiger partial charge in [-0.05, 0) is 89.6 Å². The maximum atomic E-state index is 3.79. The molecule has 5 aromatic carbocycles. The van der Waals surface area contributed by atoms with Crippen LogP contribution in [0.4, 0.5) is 5.69 Å². The van der Waals surface area contributed by atoms with Gasteiger partial charge < -0.3 is 9.88 Å². The summed E-state index contributed by atoms with van der Waals surface area (Å²) in [5, 5.41) is 6.32. The van der Waals surface area contributed by atoms with E-state index < -0.39 is 0 Å². The number of fused-ring (bicyclic) bond motifs is 5. The topological polar surface area (TPSA) is 17.0 Å². The van der Waals surface area contributed by atoms with E-state index in [4.69, 9.17) is 0 Å². The first-order valence-corrected chi connectivity index (χ1v) is 16.8. The van der Waals surface area contributed by atoms with Crippen molar-refractivity contribution in [3.8, 4) is 0 Å². The predicted octanol–water partition coefficient (Wildman–Crippen LogP) is 11.7. The molecule has 2 aliphatic rings. The number of anilines is 1. The molecule has 1 atom stereocenters. The molecule has 0 radical (unpaired) electrons. The molecule has 0 saturated heterocycles. The Bertz CT molecular complexity index is 2340. The first kappa shape index (κ1) is 29.5. The minimum absolute atomic E-state index is 0.101. The van der Waals surface area contributed by atoms with Crippen LogP contribution in [0.2, 0.25) is 0 Å². The third-order valence-electron chi connectivity index (χ3n) is 9.56. The summed E-state index contributed by atoms with van der Waals surface area (Å²) in [7, 11) is 0. The standard InChI is InChI=1S/C46H38N2/c1-3-4-5-7-15-33-24-27-46-42(30-33)40-20-11-13-23-45(40)48(46)36-25-26-37-35(28-32(2)29-36)18-14-21-38(37)41-31-44(34-16-8-6-9-17-34)47-43-22-12-10-19-39(41)43/h3-25,27,29-31,44,47H,1,26,28H2,2H3/b5-4-,15-7?,32-29+,36-25+. The fraction of sp³-hybridized carbons (Fsp3) is 0.0870. The second-order valence-corrected chi connectivity index (χ2v) is 12.7. The lowest BCUT2D eigenvalue weighted by Gasteiger charge is -2.29. The number of aromatic nitrogens is 1. The molecule has 1 aliphatic carbocycles. The number of rotatable bonds is 6. The fourth-order valence-electron chi connectivity index (χ4n) is 7.38. The largest absolute Gasteiger partial charge is 0.374 e. The zero-order chi connectivity index (χ0) is 32.5. The van der Waals surface area contributed by atoms with Crippen molar-refractivity contribution in [2.24, 2.45) is 0 Å². The lowest BCUT2D eigenvalue weighted by Crippen LogP contribution is -2.16. The lowest BCUT2D eigenvalue weighted by molar-refractivity contribution is 0.970. The van der Waals surface area contributed by atoms with E-state index >= 15 is 0 Å². The van der Waals surface area contributed by atoms with Crippen LogP contribution in [-0.2, 0) is 12.8 Å². The molecule has 232 valence electrons. The van der Waals surface area contributed by atoms with Gasteiger partial charge in [0.15, 0.2) is 0 Å². The average Bonchev–Trinajstić information content (AvgIpc) is 3.45. The van der Waals surface area contributed by atoms with Gasteiger partial charge >= 0.3 is 0 Å². The van der Waals surface area contributed by atoms with E-state index in [0.717, 1.165) is 12.8 Å². The van der Waals surface area contributed by atoms with E-state index in [9.17, 15) is 0 Å². The van der Waals surface area contributed by atoms with Crippen LogP contribution in [0.15, 0.2) is 170 Å². The van der Waals surface area contributed by atoms with Gasteiger partial charge in [-0.25, -0.2) is 0 Å². The van der Waals surface area contributed by atoms with E-state index in [1.165, 1.54) is 77.7 Å². The highest BCUT2D eigenvalue weighted by Gasteiger charge is 2.24. The Morgan fingerprint density at radius 3 is 2.44 bits per heavy atom. The van der Waals surface area contributed by atoms with Gasteiger partial charge in [0.05, 0.1) is 17.1 Å². The zero-order valence-electron chi connectivity index (χ0n) is 27.2. The maximum absolute atomic E-state index is 3.79. The second kappa shape index (κ2) is 12.7. The van der Waals surface area contributed by atoms with Crippen molar-refractivity contribution in [2.75, 3.05) is 5.32 Å². The minimum atomic E-state index is 0.101. The molecule has 0 bridgehead atoms. The number of allylic oxidation sites excluding steroid dienone is 8. The van der Waals surface area contributed by atoms with Crippen LogP contribution in [0.5, 0.6) is 0 Å². The van der Waals surface area contributed by atoms with Crippen LogP contribution in [0.3, 0.4) is 0 Å². The molecule has 8 rings (SSSR count). The summed E-state index contributed by atoms with van der Waals surface area (Å²) in [4.78, 5) is 0. The highest BCUT2D eigenvalue weighted by Crippen LogP contribution is 2.41. The first-order valence-electron chi connectivity index (χ1n) is 16.8. The molecule has 0 amide bonds. The minimum Gasteiger partial charge on any atom is -0.374 e. The number of hydrogen-bond acceptors (Lipinski definition) is 1. The molecule has 2 heteroatoms. The van der Waals surface area contributed by atoms with Crippen molar-refractivity contribution in [3.63, 3.8) is 0 Å². The molecular weight excluding hydrogens is 581 g/mol. The van der Waals surface area contributed by atoms with Crippen LogP contribution in [0.25, 0.3) is 39.2 Å². The molecule has 0 saturated carbocycles. The van der Waals surface area contributed by atoms with Crippen LogP contribution in [-0.4, -0.2) is 4.57 Å². The summed E-state index contributed by atoms with van der Waals surface area (Å²) < 4.78 is 2.46. The zero-order valence-corrected chi connectivity index (χ0v) is 27.2. The molecular formula is C46H38N2. The lowest BCUT2D eigenvalue weighted by atomic mass is 9.83. The SMILES string of the molecule is C=C/C=C\C=Cc1ccc2c(c1)c1ccccc1n2C1=C/Cc2c(cccc2C2=CC(c3ccccc3)Nc3ccccc32)C\C(C)=C\1. The monoisotopic (exact) mass is 618 g/mol. The third kappa shape index (κ3) is 5.46. The van der Waals surface area contributed by atoms with Gasteiger partial charge in [0.2, 0.25) is 0 Å². The Labute approximate surface area is 283 Å². The fourth-order valence-corrected chi connectivity index (χ4v) is 7.38. The van der Waals surface area contributed by atoms with E-state index in [1.807, 2.05) is 12.2 Å². The van der Waals surface area contributed by atoms with Gasteiger partial charge in [-0.15, -0.1) is 0 Å². The third-order valence-corrected chi connectivity index (χ3v) is 9.56. The highest BCUT2D eigenvalue weighted by atomic mass is 15.0. The highest BCUT2D eigenvalue weighted by molar-refractivity contribution is 6.11. The van der Waals surface area contributed by atoms with Gasteiger partial charge in [0.1, 0.15) is 0 Å². The molecule has 2 heterocycles. The van der Waals surface area contributed by atoms with Gasteiger partial charge in [0.25, 0.3) is 0 Å². The van der Waals surface area contributed by atoms with E-state index in [0.29, 0.717) is 0 Å². The van der Waals surface area contributed by atoms with Crippen molar-refractivity contribution in [3.05, 3.63) is 203 Å². The summed E-state index contributed by atoms with van der Waals surface area (Å²) in [5.41, 5.74) is 15.3. The van der Waals surface area contributed by atoms with Crippen LogP contribution >= 0.6 is 0 Å². The predicted molar refractivity (Wildman–Crippen MR) is 206 cm³/mol. The summed E-state index contributed by atoms with van der Waals surface area (Å²) in [6.07, 6.45) is 19.0. The quantitative estimate of drug-likeness (QED) is 0.184. The summed E-state index contributed by atoms with van der Waals surface area (Å²) >= 11 is 0. The normalized spacial score (nSPS) is 18.3. The number of nitrogens with zero attached hydrogens (tertiary/aromatic N) is 1. The molecule has 6 aromatic rings. The van der Waals surface area contributed by atoms with Crippen molar-refractivity contribution >= 4 is 44.8 Å². The molecule has 1 aromatic heterocycles. The Morgan fingerprint density at radius 1 is 0.750 bits per heavy atom. The number of benzene rings is 5. The van der Waals surface area contributed by atoms with Gasteiger partial charge in [-0.1, -0.05) is 140 Å². The van der Waals surface area contributed by atoms with Gasteiger partial charge in [0, 0.05) is 27.7 Å². The van der Waals surface area contributed by atoms with Crippen molar-refractivity contribution in [2.45, 2.75) is 25.8 Å². The second-order valence-electron chi connectivity index (χ2n) is 12.7. The smallest absolute Gasteiger partial charge is 0.0707 e. The Balaban J connectivity index is 1.26. The van der Waals surface area contributed by atoms with E-state index in [-0.39, 0.29) is 6.04 Å². The van der Waals surface area contributed by atoms with E-state index in [2.05, 4.69) is 169 Å². The summed E-state index contributed by atoms with van der Waals surface area (Å²) in [5.74, 6) is 0. The molecule has 1 N–H and O–H groups in total. The van der Waals surface area contributed by atoms with Crippen LogP contribution in [0, 0.1) is 0 Å². The van der Waals surface area contributed by atoms with Crippen molar-refractivity contribution in [1.82, 2.24) is 4.57 Å². The first-order chi connectivity index (χ1) is 23.7. The Hall–Kier alpha value is -5.86. The molecule has 1 aliphatic heterocycles. The number of nitrogens with one attached hydrogen (secondary N) is 1. The van der Waals surface area contributed by atoms with Crippen LogP contribution < -0.4 is 5.32 Å². The van der Waals surface area contributed by atoms with Gasteiger partial charge in [-0.3, -0.25) is 0 Å². The summed E-state index contributed by atoms with van der Waals surface area (Å²) in [6, 6.07) is 42.1. The maximum Gasteiger partial charge on any atom is 0.0707 e. The molecule has 0 fully saturated rings. The average molecular weight is 619 g/mol. The van der Waals surface area contributed by atoms with Gasteiger partial charge in [-0.2, -0.15) is 0 Å². The molecule has 1 unspecified atom stereocenters. The van der Waals surface area contributed by atoms with Crippen LogP contribution in [0.1, 0.15) is 46.3 Å². The number of hydrogen-bond donors (Lipinski definition) is 1.